The molecule has 0 bridgehead atoms. The summed E-state index contributed by atoms with van der Waals surface area (Å²) in [5.41, 5.74) is 0. The van der Waals surface area contributed by atoms with Gasteiger partial charge in [0.25, 0.3) is 0 Å². The molecule has 1 atom stereocenters. The van der Waals surface area contributed by atoms with Crippen molar-refractivity contribution in [2.45, 2.75) is 148 Å². The van der Waals surface area contributed by atoms with Crippen molar-refractivity contribution in [2.75, 3.05) is 13.2 Å². The van der Waals surface area contributed by atoms with Crippen molar-refractivity contribution in [3.05, 3.63) is 85.1 Å². The van der Waals surface area contributed by atoms with Crippen molar-refractivity contribution in [1.29, 1.82) is 0 Å². The molecule has 0 heterocycles. The highest BCUT2D eigenvalue weighted by molar-refractivity contribution is 7.46. The SMILES string of the molecule is CC/C=C\C/C=C\C/C=C\C/C=C\C/C=C\CCCC(=O)OC(COC(=O)CCCCCCC/C=C\C/C=C\CCCCC)COP(=O)(O)O. The summed E-state index contributed by atoms with van der Waals surface area (Å²) >= 11 is 0. The molecule has 0 radical (unpaired) electrons. The van der Waals surface area contributed by atoms with Crippen LogP contribution in [0, 0.1) is 0 Å². The zero-order valence-corrected chi connectivity index (χ0v) is 31.9. The number of carbonyl (C=O) groups excluding carboxylic acids is 2. The van der Waals surface area contributed by atoms with Gasteiger partial charge in [-0.2, -0.15) is 0 Å². The fraction of sp³-hybridized carbons (Fsp3) is 0.610. The second-order valence-corrected chi connectivity index (χ2v) is 13.4. The van der Waals surface area contributed by atoms with Crippen LogP contribution in [0.4, 0.5) is 0 Å². The molecular weight excluding hydrogens is 651 g/mol. The number of allylic oxidation sites excluding steroid dienone is 14. The zero-order valence-electron chi connectivity index (χ0n) is 31.0. The largest absolute Gasteiger partial charge is 0.469 e. The lowest BCUT2D eigenvalue weighted by atomic mass is 10.1. The predicted octanol–water partition coefficient (Wildman–Crippen LogP) is 11.3. The zero-order chi connectivity index (χ0) is 36.8. The lowest BCUT2D eigenvalue weighted by Gasteiger charge is -2.18. The van der Waals surface area contributed by atoms with Crippen LogP contribution in [0.1, 0.15) is 142 Å². The van der Waals surface area contributed by atoms with Gasteiger partial charge in [0, 0.05) is 12.8 Å². The fourth-order valence-corrected chi connectivity index (χ4v) is 4.97. The van der Waals surface area contributed by atoms with Crippen LogP contribution in [0.2, 0.25) is 0 Å². The third kappa shape index (κ3) is 38.0. The first-order valence-corrected chi connectivity index (χ1v) is 20.4. The van der Waals surface area contributed by atoms with Crippen LogP contribution in [-0.2, 0) is 28.2 Å². The van der Waals surface area contributed by atoms with Gasteiger partial charge in [0.15, 0.2) is 6.10 Å². The van der Waals surface area contributed by atoms with Gasteiger partial charge in [-0.3, -0.25) is 14.1 Å². The molecule has 284 valence electrons. The van der Waals surface area contributed by atoms with Gasteiger partial charge in [-0.1, -0.05) is 131 Å². The van der Waals surface area contributed by atoms with Gasteiger partial charge >= 0.3 is 19.8 Å². The molecule has 2 N–H and O–H groups in total. The standard InChI is InChI=1S/C41H67O8P/c1-3-5-7-9-11-13-15-17-19-20-22-24-26-28-30-32-34-36-41(43)49-39(38-48-50(44,45)46)37-47-40(42)35-33-31-29-27-25-23-21-18-16-14-12-10-8-6-4-2/h5,7,11-14,17-19,21-22,24,28,30,39H,3-4,6,8-10,15-16,20,23,25-27,29,31-38H2,1-2H3,(H2,44,45,46)/b7-5-,13-11-,14-12-,19-17-,21-18-,24-22-,30-28-. The second-order valence-electron chi connectivity index (χ2n) is 12.2. The van der Waals surface area contributed by atoms with Crippen LogP contribution in [0.25, 0.3) is 0 Å². The lowest BCUT2D eigenvalue weighted by Crippen LogP contribution is -2.29. The molecule has 0 amide bonds. The van der Waals surface area contributed by atoms with E-state index in [0.717, 1.165) is 70.6 Å². The summed E-state index contributed by atoms with van der Waals surface area (Å²) in [5, 5.41) is 0. The molecule has 0 aliphatic rings. The van der Waals surface area contributed by atoms with Crippen molar-refractivity contribution >= 4 is 19.8 Å². The number of unbranched alkanes of at least 4 members (excludes halogenated alkanes) is 9. The Balaban J connectivity index is 4.13. The van der Waals surface area contributed by atoms with Gasteiger partial charge in [0.1, 0.15) is 6.61 Å². The minimum atomic E-state index is -4.77. The topological polar surface area (TPSA) is 119 Å². The number of phosphoric acid groups is 1. The highest BCUT2D eigenvalue weighted by Crippen LogP contribution is 2.35. The number of rotatable bonds is 33. The Morgan fingerprint density at radius 1 is 0.540 bits per heavy atom. The first-order chi connectivity index (χ1) is 24.3. The summed E-state index contributed by atoms with van der Waals surface area (Å²) in [6.45, 7) is 3.46. The average Bonchev–Trinajstić information content (AvgIpc) is 3.08. The molecule has 0 aromatic rings. The van der Waals surface area contributed by atoms with Crippen molar-refractivity contribution in [2.24, 2.45) is 0 Å². The molecule has 0 fully saturated rings. The van der Waals surface area contributed by atoms with E-state index in [1.165, 1.54) is 25.7 Å². The fourth-order valence-electron chi connectivity index (χ4n) is 4.61. The summed E-state index contributed by atoms with van der Waals surface area (Å²) in [5.74, 6) is -0.979. The monoisotopic (exact) mass is 718 g/mol. The van der Waals surface area contributed by atoms with Crippen molar-refractivity contribution in [3.8, 4) is 0 Å². The number of phosphoric ester groups is 1. The molecule has 0 aromatic heterocycles. The molecule has 0 aromatic carbocycles. The molecule has 50 heavy (non-hydrogen) atoms. The Labute approximate surface area is 303 Å². The summed E-state index contributed by atoms with van der Waals surface area (Å²) < 4.78 is 26.2. The van der Waals surface area contributed by atoms with Crippen molar-refractivity contribution in [1.82, 2.24) is 0 Å². The van der Waals surface area contributed by atoms with Gasteiger partial charge in [-0.25, -0.2) is 4.57 Å². The van der Waals surface area contributed by atoms with Gasteiger partial charge in [0.05, 0.1) is 6.61 Å². The minimum absolute atomic E-state index is 0.126. The number of carbonyl (C=O) groups is 2. The molecule has 0 rings (SSSR count). The Bertz CT molecular complexity index is 1080. The van der Waals surface area contributed by atoms with Gasteiger partial charge in [-0.15, -0.1) is 0 Å². The molecule has 0 saturated carbocycles. The van der Waals surface area contributed by atoms with Gasteiger partial charge in [-0.05, 0) is 83.5 Å². The summed E-state index contributed by atoms with van der Waals surface area (Å²) in [6.07, 6.45) is 47.3. The molecule has 0 aliphatic carbocycles. The third-order valence-electron chi connectivity index (χ3n) is 7.40. The van der Waals surface area contributed by atoms with E-state index >= 15 is 0 Å². The number of ether oxygens (including phenoxy) is 2. The summed E-state index contributed by atoms with van der Waals surface area (Å²) in [7, 11) is -4.77. The van der Waals surface area contributed by atoms with E-state index in [1.807, 2.05) is 12.2 Å². The lowest BCUT2D eigenvalue weighted by molar-refractivity contribution is -0.161. The van der Waals surface area contributed by atoms with E-state index in [4.69, 9.17) is 19.3 Å². The Hall–Kier alpha value is -2.77. The van der Waals surface area contributed by atoms with Crippen LogP contribution < -0.4 is 0 Å². The van der Waals surface area contributed by atoms with E-state index < -0.39 is 32.5 Å². The van der Waals surface area contributed by atoms with E-state index in [0.29, 0.717) is 19.3 Å². The van der Waals surface area contributed by atoms with Crippen LogP contribution >= 0.6 is 7.82 Å². The van der Waals surface area contributed by atoms with E-state index in [-0.39, 0.29) is 19.4 Å². The Morgan fingerprint density at radius 2 is 0.980 bits per heavy atom. The maximum absolute atomic E-state index is 12.3. The van der Waals surface area contributed by atoms with E-state index in [1.54, 1.807) is 0 Å². The molecule has 1 unspecified atom stereocenters. The van der Waals surface area contributed by atoms with Crippen LogP contribution in [0.5, 0.6) is 0 Å². The summed E-state index contributed by atoms with van der Waals surface area (Å²) in [4.78, 5) is 42.7. The maximum atomic E-state index is 12.3. The van der Waals surface area contributed by atoms with Gasteiger partial charge in [0.2, 0.25) is 0 Å². The molecule has 0 saturated heterocycles. The molecular formula is C41H67O8P. The molecule has 0 spiro atoms. The summed E-state index contributed by atoms with van der Waals surface area (Å²) in [6, 6.07) is 0. The van der Waals surface area contributed by atoms with Gasteiger partial charge < -0.3 is 19.3 Å². The normalized spacial score (nSPS) is 13.4. The number of hydrogen-bond donors (Lipinski definition) is 2. The average molecular weight is 719 g/mol. The highest BCUT2D eigenvalue weighted by Gasteiger charge is 2.22. The minimum Gasteiger partial charge on any atom is -0.462 e. The van der Waals surface area contributed by atoms with Crippen molar-refractivity contribution in [3.63, 3.8) is 0 Å². The van der Waals surface area contributed by atoms with E-state index in [9.17, 15) is 14.2 Å². The Kier molecular flexibility index (Phi) is 34.0. The second kappa shape index (κ2) is 36.0. The first-order valence-electron chi connectivity index (χ1n) is 18.9. The van der Waals surface area contributed by atoms with Crippen LogP contribution in [0.15, 0.2) is 85.1 Å². The molecule has 0 aliphatic heterocycles. The third-order valence-corrected chi connectivity index (χ3v) is 7.88. The Morgan fingerprint density at radius 3 is 1.50 bits per heavy atom. The van der Waals surface area contributed by atoms with Crippen LogP contribution in [-0.4, -0.2) is 41.0 Å². The molecule has 9 heteroatoms. The number of hydrogen-bond acceptors (Lipinski definition) is 6. The first kappa shape index (κ1) is 47.2. The molecule has 8 nitrogen and oxygen atoms in total. The van der Waals surface area contributed by atoms with Crippen molar-refractivity contribution < 1.29 is 37.9 Å². The quantitative estimate of drug-likeness (QED) is 0.0298. The predicted molar refractivity (Wildman–Crippen MR) is 207 cm³/mol. The number of esters is 2. The van der Waals surface area contributed by atoms with E-state index in [2.05, 4.69) is 91.3 Å². The van der Waals surface area contributed by atoms with Crippen LogP contribution in [0.3, 0.4) is 0 Å². The maximum Gasteiger partial charge on any atom is 0.469 e. The highest BCUT2D eigenvalue weighted by atomic mass is 31.2. The smallest absolute Gasteiger partial charge is 0.462 e.